The van der Waals surface area contributed by atoms with Crippen molar-refractivity contribution in [3.8, 4) is 0 Å². The maximum absolute atomic E-state index is 13.4. The lowest BCUT2D eigenvalue weighted by molar-refractivity contribution is -0.119. The summed E-state index contributed by atoms with van der Waals surface area (Å²) in [5, 5.41) is 5.84. The number of pyridine rings is 1. The second-order valence-electron chi connectivity index (χ2n) is 8.27. The molecule has 1 aromatic carbocycles. The number of aromatic nitrogens is 2. The third kappa shape index (κ3) is 4.03. The second kappa shape index (κ2) is 8.38. The number of benzene rings is 1. The summed E-state index contributed by atoms with van der Waals surface area (Å²) < 4.78 is 1.73. The van der Waals surface area contributed by atoms with Crippen molar-refractivity contribution in [3.05, 3.63) is 83.4 Å². The standard InChI is InChI=1S/C25H23N5O3/c1-29-12-4-6-21(29)23(31)27-18-14-22-24(32)28-20-10-8-16(7-9-17-5-2-3-11-26-17)13-19(20)25(33)30(22)15-18/h2-13,18,22H,14-15H2,1H3,(H,27,31)(H,28,32). The van der Waals surface area contributed by atoms with E-state index in [0.717, 1.165) is 11.3 Å². The van der Waals surface area contributed by atoms with Crippen LogP contribution in [0.15, 0.2) is 60.9 Å². The van der Waals surface area contributed by atoms with Crippen LogP contribution in [-0.4, -0.2) is 50.8 Å². The Balaban J connectivity index is 1.36. The van der Waals surface area contributed by atoms with Gasteiger partial charge in [-0.15, -0.1) is 0 Å². The minimum absolute atomic E-state index is 0.222. The number of rotatable bonds is 4. The zero-order valence-corrected chi connectivity index (χ0v) is 18.1. The van der Waals surface area contributed by atoms with E-state index in [1.807, 2.05) is 36.4 Å². The largest absolute Gasteiger partial charge is 0.347 e. The van der Waals surface area contributed by atoms with E-state index in [2.05, 4.69) is 15.6 Å². The summed E-state index contributed by atoms with van der Waals surface area (Å²) in [6, 6.07) is 13.6. The van der Waals surface area contributed by atoms with E-state index in [9.17, 15) is 14.4 Å². The van der Waals surface area contributed by atoms with Gasteiger partial charge in [0, 0.05) is 32.0 Å². The first-order valence-electron chi connectivity index (χ1n) is 10.8. The molecule has 8 nitrogen and oxygen atoms in total. The molecule has 2 aromatic heterocycles. The topological polar surface area (TPSA) is 96.3 Å². The van der Waals surface area contributed by atoms with Gasteiger partial charge >= 0.3 is 0 Å². The first kappa shape index (κ1) is 20.7. The van der Waals surface area contributed by atoms with Gasteiger partial charge in [0.2, 0.25) is 5.91 Å². The van der Waals surface area contributed by atoms with Crippen molar-refractivity contribution in [2.24, 2.45) is 7.05 Å². The van der Waals surface area contributed by atoms with Crippen LogP contribution in [0.2, 0.25) is 0 Å². The summed E-state index contributed by atoms with van der Waals surface area (Å²) in [7, 11) is 1.80. The van der Waals surface area contributed by atoms with Crippen molar-refractivity contribution in [1.82, 2.24) is 19.8 Å². The van der Waals surface area contributed by atoms with Crippen LogP contribution < -0.4 is 10.6 Å². The quantitative estimate of drug-likeness (QED) is 0.650. The monoisotopic (exact) mass is 441 g/mol. The maximum Gasteiger partial charge on any atom is 0.268 e. The van der Waals surface area contributed by atoms with E-state index < -0.39 is 6.04 Å². The predicted molar refractivity (Wildman–Crippen MR) is 124 cm³/mol. The molecule has 3 aromatic rings. The highest BCUT2D eigenvalue weighted by Gasteiger charge is 2.43. The Kier molecular flexibility index (Phi) is 5.26. The van der Waals surface area contributed by atoms with Crippen LogP contribution >= 0.6 is 0 Å². The van der Waals surface area contributed by atoms with Crippen LogP contribution in [0, 0.1) is 0 Å². The van der Waals surface area contributed by atoms with Gasteiger partial charge < -0.3 is 20.1 Å². The molecule has 2 aliphatic rings. The molecule has 166 valence electrons. The fraction of sp³-hybridized carbons (Fsp3) is 0.200. The van der Waals surface area contributed by atoms with Crippen molar-refractivity contribution in [3.63, 3.8) is 0 Å². The molecule has 0 spiro atoms. The van der Waals surface area contributed by atoms with Crippen molar-refractivity contribution >= 4 is 35.6 Å². The zero-order valence-electron chi connectivity index (χ0n) is 18.1. The van der Waals surface area contributed by atoms with Crippen molar-refractivity contribution < 1.29 is 14.4 Å². The normalized spacial score (nSPS) is 19.7. The number of aryl methyl sites for hydroxylation is 1. The molecule has 0 aliphatic carbocycles. The summed E-state index contributed by atoms with van der Waals surface area (Å²) >= 11 is 0. The summed E-state index contributed by atoms with van der Waals surface area (Å²) in [4.78, 5) is 44.7. The average molecular weight is 441 g/mol. The van der Waals surface area contributed by atoms with Crippen LogP contribution in [0.25, 0.3) is 12.2 Å². The SMILES string of the molecule is Cn1cccc1C(=O)NC1CC2C(=O)Nc3ccc(C=Cc4ccccn4)cc3C(=O)N2C1. The molecule has 2 atom stereocenters. The van der Waals surface area contributed by atoms with E-state index in [1.165, 1.54) is 0 Å². The third-order valence-corrected chi connectivity index (χ3v) is 6.04. The highest BCUT2D eigenvalue weighted by Crippen LogP contribution is 2.30. The van der Waals surface area contributed by atoms with Crippen molar-refractivity contribution in [2.75, 3.05) is 11.9 Å². The number of hydrogen-bond acceptors (Lipinski definition) is 4. The van der Waals surface area contributed by atoms with Crippen LogP contribution in [0.4, 0.5) is 5.69 Å². The average Bonchev–Trinajstić information content (AvgIpc) is 3.42. The van der Waals surface area contributed by atoms with Gasteiger partial charge in [-0.1, -0.05) is 18.2 Å². The lowest BCUT2D eigenvalue weighted by Crippen LogP contribution is -2.41. The van der Waals surface area contributed by atoms with E-state index in [1.54, 1.807) is 53.2 Å². The molecule has 2 N–H and O–H groups in total. The summed E-state index contributed by atoms with van der Waals surface area (Å²) in [5.74, 6) is -0.688. The van der Waals surface area contributed by atoms with E-state index in [0.29, 0.717) is 23.4 Å². The maximum atomic E-state index is 13.4. The molecule has 5 rings (SSSR count). The smallest absolute Gasteiger partial charge is 0.268 e. The van der Waals surface area contributed by atoms with Crippen LogP contribution in [0.1, 0.15) is 38.5 Å². The Hall–Kier alpha value is -4.20. The molecular weight excluding hydrogens is 418 g/mol. The summed E-state index contributed by atoms with van der Waals surface area (Å²) in [6.07, 6.45) is 7.64. The molecule has 0 radical (unpaired) electrons. The minimum atomic E-state index is -0.629. The molecule has 2 unspecified atom stereocenters. The molecular formula is C25H23N5O3. The molecule has 8 heteroatoms. The molecule has 3 amide bonds. The highest BCUT2D eigenvalue weighted by molar-refractivity contribution is 6.10. The molecule has 1 saturated heterocycles. The van der Waals surface area contributed by atoms with Crippen LogP contribution in [0.3, 0.4) is 0 Å². The van der Waals surface area contributed by atoms with Crippen molar-refractivity contribution in [1.29, 1.82) is 0 Å². The Morgan fingerprint density at radius 2 is 2.03 bits per heavy atom. The molecule has 0 bridgehead atoms. The Labute approximate surface area is 190 Å². The number of hydrogen-bond donors (Lipinski definition) is 2. The molecule has 0 saturated carbocycles. The second-order valence-corrected chi connectivity index (χ2v) is 8.27. The van der Waals surface area contributed by atoms with Gasteiger partial charge in [-0.05, 0) is 54.5 Å². The van der Waals surface area contributed by atoms with Gasteiger partial charge in [-0.2, -0.15) is 0 Å². The van der Waals surface area contributed by atoms with E-state index in [-0.39, 0.29) is 30.3 Å². The van der Waals surface area contributed by atoms with Gasteiger partial charge in [0.15, 0.2) is 0 Å². The number of carbonyl (C=O) groups is 3. The summed E-state index contributed by atoms with van der Waals surface area (Å²) in [5.41, 5.74) is 3.10. The van der Waals surface area contributed by atoms with Crippen molar-refractivity contribution in [2.45, 2.75) is 18.5 Å². The minimum Gasteiger partial charge on any atom is -0.347 e. The third-order valence-electron chi connectivity index (χ3n) is 6.04. The zero-order chi connectivity index (χ0) is 22.9. The number of nitrogens with one attached hydrogen (secondary N) is 2. The van der Waals surface area contributed by atoms with Gasteiger partial charge in [-0.3, -0.25) is 19.4 Å². The van der Waals surface area contributed by atoms with E-state index >= 15 is 0 Å². The Bertz CT molecular complexity index is 1260. The predicted octanol–water partition coefficient (Wildman–Crippen LogP) is 2.56. The first-order chi connectivity index (χ1) is 16.0. The number of carbonyl (C=O) groups excluding carboxylic acids is 3. The lowest BCUT2D eigenvalue weighted by Gasteiger charge is -2.20. The number of fused-ring (bicyclic) bond motifs is 2. The number of nitrogens with zero attached hydrogens (tertiary/aromatic N) is 3. The Morgan fingerprint density at radius 3 is 2.79 bits per heavy atom. The number of amides is 3. The van der Waals surface area contributed by atoms with Crippen LogP contribution in [-0.2, 0) is 11.8 Å². The fourth-order valence-electron chi connectivity index (χ4n) is 4.35. The van der Waals surface area contributed by atoms with Crippen LogP contribution in [0.5, 0.6) is 0 Å². The molecule has 4 heterocycles. The lowest BCUT2D eigenvalue weighted by atomic mass is 10.1. The van der Waals surface area contributed by atoms with E-state index in [4.69, 9.17) is 0 Å². The van der Waals surface area contributed by atoms with Gasteiger partial charge in [0.05, 0.1) is 16.9 Å². The molecule has 33 heavy (non-hydrogen) atoms. The first-order valence-corrected chi connectivity index (χ1v) is 10.8. The van der Waals surface area contributed by atoms with Gasteiger partial charge in [-0.25, -0.2) is 0 Å². The van der Waals surface area contributed by atoms with Gasteiger partial charge in [0.1, 0.15) is 11.7 Å². The van der Waals surface area contributed by atoms with Gasteiger partial charge in [0.25, 0.3) is 11.8 Å². The fourth-order valence-corrected chi connectivity index (χ4v) is 4.35. The number of anilines is 1. The highest BCUT2D eigenvalue weighted by atomic mass is 16.2. The Morgan fingerprint density at radius 1 is 1.15 bits per heavy atom. The summed E-state index contributed by atoms with van der Waals surface area (Å²) in [6.45, 7) is 0.278. The molecule has 2 aliphatic heterocycles. The molecule has 1 fully saturated rings.